The molecule has 1 aromatic rings. The molecule has 1 unspecified atom stereocenters. The van der Waals surface area contributed by atoms with Crippen LogP contribution in [-0.2, 0) is 16.3 Å². The summed E-state index contributed by atoms with van der Waals surface area (Å²) in [5.41, 5.74) is -7.15. The predicted octanol–water partition coefficient (Wildman–Crippen LogP) is 3.77. The summed E-state index contributed by atoms with van der Waals surface area (Å²) in [7, 11) is -5.94. The van der Waals surface area contributed by atoms with Gasteiger partial charge in [0.15, 0.2) is 0 Å². The molecular weight excluding hydrogens is 407 g/mol. The van der Waals surface area contributed by atoms with Gasteiger partial charge in [-0.05, 0) is 41.0 Å². The average molecular weight is 426 g/mol. The third-order valence-electron chi connectivity index (χ3n) is 5.28. The van der Waals surface area contributed by atoms with Crippen LogP contribution in [0.1, 0.15) is 49.5 Å². The summed E-state index contributed by atoms with van der Waals surface area (Å²) in [4.78, 5) is -1.38. The second kappa shape index (κ2) is 6.24. The highest BCUT2D eigenvalue weighted by molar-refractivity contribution is 7.92. The molecule has 0 radical (unpaired) electrons. The minimum Gasteiger partial charge on any atom is -0.388 e. The van der Waals surface area contributed by atoms with E-state index in [2.05, 4.69) is 0 Å². The molecule has 28 heavy (non-hydrogen) atoms. The van der Waals surface area contributed by atoms with Crippen LogP contribution < -0.4 is 0 Å². The molecule has 2 aliphatic carbocycles. The zero-order valence-corrected chi connectivity index (χ0v) is 15.8. The van der Waals surface area contributed by atoms with Gasteiger partial charge in [0.05, 0.1) is 11.0 Å². The van der Waals surface area contributed by atoms with Crippen LogP contribution in [0.4, 0.5) is 22.0 Å². The molecule has 0 amide bonds. The molecule has 0 heterocycles. The first-order valence-corrected chi connectivity index (χ1v) is 10.0. The van der Waals surface area contributed by atoms with Gasteiger partial charge < -0.3 is 10.2 Å². The van der Waals surface area contributed by atoms with Gasteiger partial charge in [-0.15, -0.1) is 0 Å². The van der Waals surface area contributed by atoms with Crippen molar-refractivity contribution in [1.82, 2.24) is 0 Å². The molecule has 2 aliphatic rings. The van der Waals surface area contributed by atoms with Gasteiger partial charge in [-0.1, -0.05) is 26.0 Å². The lowest BCUT2D eigenvalue weighted by molar-refractivity contribution is -0.0978. The van der Waals surface area contributed by atoms with E-state index in [4.69, 9.17) is 0 Å². The van der Waals surface area contributed by atoms with E-state index in [1.54, 1.807) is 6.08 Å². The predicted molar refractivity (Wildman–Crippen MR) is 90.3 cm³/mol. The van der Waals surface area contributed by atoms with Crippen molar-refractivity contribution in [2.75, 3.05) is 0 Å². The maximum atomic E-state index is 14.2. The van der Waals surface area contributed by atoms with Crippen LogP contribution in [0.15, 0.2) is 23.1 Å². The first-order valence-electron chi connectivity index (χ1n) is 8.53. The van der Waals surface area contributed by atoms with Crippen LogP contribution in [0.25, 0.3) is 5.57 Å². The van der Waals surface area contributed by atoms with Crippen LogP contribution in [0.5, 0.6) is 0 Å². The van der Waals surface area contributed by atoms with Crippen molar-refractivity contribution in [3.63, 3.8) is 0 Å². The molecule has 4 nitrogen and oxygen atoms in total. The summed E-state index contributed by atoms with van der Waals surface area (Å²) in [6.07, 6.45) is -2.27. The SMILES string of the molecule is CC1(C)C=C(c2ccc(S(=O)(=O)C(F)(F)F)c3c2CC(F)(F)[C@H]3O)C(O)CC1. The summed E-state index contributed by atoms with van der Waals surface area (Å²) in [5.74, 6) is -3.83. The Kier molecular flexibility index (Phi) is 4.72. The molecule has 0 saturated heterocycles. The Morgan fingerprint density at radius 1 is 1.14 bits per heavy atom. The lowest BCUT2D eigenvalue weighted by Gasteiger charge is -2.32. The van der Waals surface area contributed by atoms with Crippen LogP contribution in [0, 0.1) is 5.41 Å². The Labute approximate surface area is 158 Å². The monoisotopic (exact) mass is 426 g/mol. The normalized spacial score (nSPS) is 26.7. The average Bonchev–Trinajstić information content (AvgIpc) is 2.78. The third-order valence-corrected chi connectivity index (χ3v) is 6.82. The summed E-state index contributed by atoms with van der Waals surface area (Å²) in [6.45, 7) is 3.70. The molecule has 0 saturated carbocycles. The number of benzene rings is 1. The molecule has 0 spiro atoms. The number of hydrogen-bond acceptors (Lipinski definition) is 4. The van der Waals surface area contributed by atoms with Gasteiger partial charge in [-0.3, -0.25) is 0 Å². The highest BCUT2D eigenvalue weighted by Gasteiger charge is 2.55. The number of sulfone groups is 1. The van der Waals surface area contributed by atoms with E-state index in [-0.39, 0.29) is 16.7 Å². The number of halogens is 5. The second-order valence-electron chi connectivity index (χ2n) is 7.94. The fourth-order valence-corrected chi connectivity index (χ4v) is 4.84. The maximum Gasteiger partial charge on any atom is 0.501 e. The fraction of sp³-hybridized carbons (Fsp3) is 0.556. The second-order valence-corrected chi connectivity index (χ2v) is 9.85. The zero-order chi connectivity index (χ0) is 21.3. The van der Waals surface area contributed by atoms with Gasteiger partial charge in [0.25, 0.3) is 15.8 Å². The molecule has 156 valence electrons. The first-order chi connectivity index (χ1) is 12.6. The van der Waals surface area contributed by atoms with Crippen molar-refractivity contribution in [2.24, 2.45) is 5.41 Å². The lowest BCUT2D eigenvalue weighted by Crippen LogP contribution is -2.27. The fourth-order valence-electron chi connectivity index (χ4n) is 3.82. The quantitative estimate of drug-likeness (QED) is 0.706. The van der Waals surface area contributed by atoms with Crippen molar-refractivity contribution in [3.8, 4) is 0 Å². The first kappa shape index (κ1) is 21.2. The molecule has 2 N–H and O–H groups in total. The van der Waals surface area contributed by atoms with Crippen LogP contribution in [0.2, 0.25) is 0 Å². The Morgan fingerprint density at radius 3 is 2.32 bits per heavy atom. The van der Waals surface area contributed by atoms with Crippen molar-refractivity contribution in [3.05, 3.63) is 34.9 Å². The summed E-state index contributed by atoms with van der Waals surface area (Å²) in [6, 6.07) is 1.58. The molecule has 2 atom stereocenters. The van der Waals surface area contributed by atoms with E-state index in [1.165, 1.54) is 0 Å². The minimum atomic E-state index is -5.94. The minimum absolute atomic E-state index is 0.0348. The zero-order valence-electron chi connectivity index (χ0n) is 15.0. The third kappa shape index (κ3) is 3.25. The standard InChI is InChI=1S/C18H19F5O4S/c1-16(2)6-5-12(24)10(7-16)9-3-4-13(28(26,27)18(21,22)23)14-11(9)8-17(19,20)15(14)25/h3-4,7,12,15,24-25H,5-6,8H2,1-2H3/t12?,15-/m0/s1. The number of allylic oxidation sites excluding steroid dienone is 1. The lowest BCUT2D eigenvalue weighted by atomic mass is 9.76. The van der Waals surface area contributed by atoms with E-state index >= 15 is 0 Å². The van der Waals surface area contributed by atoms with Gasteiger partial charge in [-0.2, -0.15) is 13.2 Å². The summed E-state index contributed by atoms with van der Waals surface area (Å²) < 4.78 is 91.2. The van der Waals surface area contributed by atoms with Gasteiger partial charge in [-0.25, -0.2) is 17.2 Å². The smallest absolute Gasteiger partial charge is 0.388 e. The van der Waals surface area contributed by atoms with Crippen LogP contribution in [0.3, 0.4) is 0 Å². The van der Waals surface area contributed by atoms with Crippen LogP contribution >= 0.6 is 0 Å². The van der Waals surface area contributed by atoms with Gasteiger partial charge in [0.2, 0.25) is 0 Å². The number of hydrogen-bond donors (Lipinski definition) is 2. The van der Waals surface area contributed by atoms with Crippen molar-refractivity contribution >= 4 is 15.4 Å². The molecule has 0 aliphatic heterocycles. The number of alkyl halides is 5. The van der Waals surface area contributed by atoms with E-state index in [0.29, 0.717) is 18.9 Å². The Bertz CT molecular complexity index is 947. The number of fused-ring (bicyclic) bond motifs is 1. The van der Waals surface area contributed by atoms with E-state index < -0.39 is 55.8 Å². The molecule has 10 heteroatoms. The number of rotatable bonds is 2. The Morgan fingerprint density at radius 2 is 1.75 bits per heavy atom. The molecule has 0 aromatic heterocycles. The molecule has 0 bridgehead atoms. The number of aliphatic hydroxyl groups is 2. The summed E-state index contributed by atoms with van der Waals surface area (Å²) >= 11 is 0. The highest BCUT2D eigenvalue weighted by atomic mass is 32.2. The van der Waals surface area contributed by atoms with E-state index in [1.807, 2.05) is 13.8 Å². The summed E-state index contributed by atoms with van der Waals surface area (Å²) in [5, 5.41) is 20.3. The Hall–Kier alpha value is -1.52. The van der Waals surface area contributed by atoms with E-state index in [0.717, 1.165) is 6.07 Å². The highest BCUT2D eigenvalue weighted by Crippen LogP contribution is 2.51. The van der Waals surface area contributed by atoms with Crippen molar-refractivity contribution in [1.29, 1.82) is 0 Å². The van der Waals surface area contributed by atoms with Crippen molar-refractivity contribution in [2.45, 2.75) is 61.6 Å². The van der Waals surface area contributed by atoms with E-state index in [9.17, 15) is 40.6 Å². The Balaban J connectivity index is 2.30. The van der Waals surface area contributed by atoms with Gasteiger partial charge in [0, 0.05) is 12.0 Å². The topological polar surface area (TPSA) is 74.6 Å². The van der Waals surface area contributed by atoms with Crippen LogP contribution in [-0.4, -0.2) is 36.2 Å². The van der Waals surface area contributed by atoms with Gasteiger partial charge >= 0.3 is 5.51 Å². The van der Waals surface area contributed by atoms with Crippen molar-refractivity contribution < 1.29 is 40.6 Å². The largest absolute Gasteiger partial charge is 0.501 e. The maximum absolute atomic E-state index is 14.2. The molecule has 0 fully saturated rings. The molecule has 1 aromatic carbocycles. The van der Waals surface area contributed by atoms with Gasteiger partial charge in [0.1, 0.15) is 6.10 Å². The molecular formula is C18H19F5O4S. The number of aliphatic hydroxyl groups excluding tert-OH is 2. The molecule has 3 rings (SSSR count).